The van der Waals surface area contributed by atoms with Crippen LogP contribution >= 0.6 is 0 Å². The van der Waals surface area contributed by atoms with Gasteiger partial charge in [0.15, 0.2) is 0 Å². The number of phenols is 1. The minimum absolute atomic E-state index is 0.179. The fourth-order valence-electron chi connectivity index (χ4n) is 3.57. The van der Waals surface area contributed by atoms with E-state index >= 15 is 0 Å². The standard InChI is InChI=1S/C20H21NO3/c22-17-8-4-5-15(13-17)18-14-21(11-12-24-18)19(23)20(9-10-20)16-6-2-1-3-7-16/h1-8,13,18,22H,9-12,14H2/t18-/m1/s1. The van der Waals surface area contributed by atoms with Crippen LogP contribution in [0.25, 0.3) is 0 Å². The molecule has 4 nitrogen and oxygen atoms in total. The number of hydrogen-bond acceptors (Lipinski definition) is 3. The fraction of sp³-hybridized carbons (Fsp3) is 0.350. The van der Waals surface area contributed by atoms with Crippen LogP contribution in [0.4, 0.5) is 0 Å². The molecule has 124 valence electrons. The second-order valence-electron chi connectivity index (χ2n) is 6.65. The van der Waals surface area contributed by atoms with Crippen molar-refractivity contribution in [3.05, 3.63) is 65.7 Å². The fourth-order valence-corrected chi connectivity index (χ4v) is 3.57. The Balaban J connectivity index is 1.53. The minimum atomic E-state index is -0.331. The van der Waals surface area contributed by atoms with Gasteiger partial charge in [-0.05, 0) is 36.1 Å². The van der Waals surface area contributed by atoms with Crippen molar-refractivity contribution < 1.29 is 14.6 Å². The molecule has 4 heteroatoms. The molecule has 1 atom stereocenters. The summed E-state index contributed by atoms with van der Waals surface area (Å²) in [5.41, 5.74) is 1.70. The van der Waals surface area contributed by atoms with Crippen molar-refractivity contribution in [2.24, 2.45) is 0 Å². The zero-order chi connectivity index (χ0) is 16.6. The summed E-state index contributed by atoms with van der Waals surface area (Å²) in [7, 11) is 0. The van der Waals surface area contributed by atoms with Gasteiger partial charge < -0.3 is 14.7 Å². The maximum Gasteiger partial charge on any atom is 0.233 e. The monoisotopic (exact) mass is 323 g/mol. The van der Waals surface area contributed by atoms with Crippen LogP contribution in [0.1, 0.15) is 30.1 Å². The summed E-state index contributed by atoms with van der Waals surface area (Å²) >= 11 is 0. The van der Waals surface area contributed by atoms with E-state index in [-0.39, 0.29) is 23.2 Å². The van der Waals surface area contributed by atoms with Crippen molar-refractivity contribution in [2.75, 3.05) is 19.7 Å². The molecule has 1 saturated carbocycles. The molecule has 4 rings (SSSR count). The summed E-state index contributed by atoms with van der Waals surface area (Å²) in [6.07, 6.45) is 1.66. The van der Waals surface area contributed by atoms with Crippen molar-refractivity contribution in [3.8, 4) is 5.75 Å². The van der Waals surface area contributed by atoms with Gasteiger partial charge in [-0.2, -0.15) is 0 Å². The molecule has 1 aliphatic carbocycles. The molecule has 0 spiro atoms. The summed E-state index contributed by atoms with van der Waals surface area (Å²) < 4.78 is 5.83. The third-order valence-electron chi connectivity index (χ3n) is 5.08. The van der Waals surface area contributed by atoms with Crippen LogP contribution in [0.3, 0.4) is 0 Å². The first-order valence-electron chi connectivity index (χ1n) is 8.44. The molecule has 24 heavy (non-hydrogen) atoms. The maximum absolute atomic E-state index is 13.1. The second-order valence-corrected chi connectivity index (χ2v) is 6.65. The summed E-state index contributed by atoms with van der Waals surface area (Å²) in [6, 6.07) is 17.2. The highest BCUT2D eigenvalue weighted by molar-refractivity contribution is 5.91. The summed E-state index contributed by atoms with van der Waals surface area (Å²) in [5, 5.41) is 9.67. The van der Waals surface area contributed by atoms with E-state index in [4.69, 9.17) is 4.74 Å². The quantitative estimate of drug-likeness (QED) is 0.944. The van der Waals surface area contributed by atoms with E-state index in [1.807, 2.05) is 29.2 Å². The topological polar surface area (TPSA) is 49.8 Å². The number of carbonyl (C=O) groups is 1. The summed E-state index contributed by atoms with van der Waals surface area (Å²) in [4.78, 5) is 15.1. The molecule has 1 N–H and O–H groups in total. The van der Waals surface area contributed by atoms with Gasteiger partial charge in [0.2, 0.25) is 5.91 Å². The molecule has 0 radical (unpaired) electrons. The average Bonchev–Trinajstić information content (AvgIpc) is 3.44. The first-order valence-corrected chi connectivity index (χ1v) is 8.44. The number of aromatic hydroxyl groups is 1. The van der Waals surface area contributed by atoms with Gasteiger partial charge in [0, 0.05) is 6.54 Å². The number of carbonyl (C=O) groups excluding carboxylic acids is 1. The number of hydrogen-bond donors (Lipinski definition) is 1. The van der Waals surface area contributed by atoms with Gasteiger partial charge in [0.05, 0.1) is 18.6 Å². The Morgan fingerprint density at radius 3 is 2.62 bits per heavy atom. The molecule has 1 heterocycles. The first kappa shape index (κ1) is 15.2. The maximum atomic E-state index is 13.1. The van der Waals surface area contributed by atoms with Crippen molar-refractivity contribution in [3.63, 3.8) is 0 Å². The van der Waals surface area contributed by atoms with Gasteiger partial charge in [0.1, 0.15) is 11.9 Å². The molecular weight excluding hydrogens is 302 g/mol. The zero-order valence-electron chi connectivity index (χ0n) is 13.5. The third kappa shape index (κ3) is 2.67. The largest absolute Gasteiger partial charge is 0.508 e. The second kappa shape index (κ2) is 5.95. The number of morpholine rings is 1. The molecule has 2 aliphatic rings. The van der Waals surface area contributed by atoms with Crippen LogP contribution in [0.5, 0.6) is 5.75 Å². The number of ether oxygens (including phenoxy) is 1. The van der Waals surface area contributed by atoms with Crippen molar-refractivity contribution in [2.45, 2.75) is 24.4 Å². The van der Waals surface area contributed by atoms with E-state index in [1.165, 1.54) is 0 Å². The molecule has 0 unspecified atom stereocenters. The number of nitrogens with zero attached hydrogens (tertiary/aromatic N) is 1. The molecule has 2 aromatic rings. The number of rotatable bonds is 3. The van der Waals surface area contributed by atoms with Crippen LogP contribution in [-0.4, -0.2) is 35.6 Å². The van der Waals surface area contributed by atoms with Crippen molar-refractivity contribution >= 4 is 5.91 Å². The zero-order valence-corrected chi connectivity index (χ0v) is 13.5. The van der Waals surface area contributed by atoms with Crippen LogP contribution in [0.2, 0.25) is 0 Å². The van der Waals surface area contributed by atoms with Crippen LogP contribution < -0.4 is 0 Å². The lowest BCUT2D eigenvalue weighted by molar-refractivity contribution is -0.141. The molecule has 1 aliphatic heterocycles. The smallest absolute Gasteiger partial charge is 0.233 e. The third-order valence-corrected chi connectivity index (χ3v) is 5.08. The number of benzene rings is 2. The number of amides is 1. The molecule has 0 bridgehead atoms. The molecule has 1 amide bonds. The minimum Gasteiger partial charge on any atom is -0.508 e. The Labute approximate surface area is 141 Å². The van der Waals surface area contributed by atoms with E-state index in [1.54, 1.807) is 18.2 Å². The van der Waals surface area contributed by atoms with E-state index in [2.05, 4.69) is 12.1 Å². The Morgan fingerprint density at radius 1 is 1.12 bits per heavy atom. The average molecular weight is 323 g/mol. The molecular formula is C20H21NO3. The first-order chi connectivity index (χ1) is 11.7. The van der Waals surface area contributed by atoms with E-state index < -0.39 is 0 Å². The summed E-state index contributed by atoms with van der Waals surface area (Å²) in [6.45, 7) is 1.69. The molecule has 0 aromatic heterocycles. The van der Waals surface area contributed by atoms with Crippen LogP contribution in [0.15, 0.2) is 54.6 Å². The predicted molar refractivity (Wildman–Crippen MR) is 90.7 cm³/mol. The Bertz CT molecular complexity index is 740. The lowest BCUT2D eigenvalue weighted by atomic mass is 9.93. The van der Waals surface area contributed by atoms with Gasteiger partial charge in [-0.1, -0.05) is 42.5 Å². The van der Waals surface area contributed by atoms with Crippen molar-refractivity contribution in [1.29, 1.82) is 0 Å². The van der Waals surface area contributed by atoms with Crippen LogP contribution in [-0.2, 0) is 14.9 Å². The Hall–Kier alpha value is -2.33. The van der Waals surface area contributed by atoms with Gasteiger partial charge in [-0.15, -0.1) is 0 Å². The van der Waals surface area contributed by atoms with Gasteiger partial charge in [0.25, 0.3) is 0 Å². The van der Waals surface area contributed by atoms with Crippen LogP contribution in [0, 0.1) is 0 Å². The van der Waals surface area contributed by atoms with Gasteiger partial charge >= 0.3 is 0 Å². The normalized spacial score (nSPS) is 22.2. The molecule has 1 saturated heterocycles. The van der Waals surface area contributed by atoms with E-state index in [0.717, 1.165) is 24.0 Å². The number of phenolic OH excluding ortho intramolecular Hbond substituents is 1. The lowest BCUT2D eigenvalue weighted by Crippen LogP contribution is -2.46. The highest BCUT2D eigenvalue weighted by Crippen LogP contribution is 2.50. The lowest BCUT2D eigenvalue weighted by Gasteiger charge is -2.35. The summed E-state index contributed by atoms with van der Waals surface area (Å²) in [5.74, 6) is 0.435. The van der Waals surface area contributed by atoms with Gasteiger partial charge in [-0.3, -0.25) is 4.79 Å². The Morgan fingerprint density at radius 2 is 1.92 bits per heavy atom. The molecule has 2 fully saturated rings. The van der Waals surface area contributed by atoms with Gasteiger partial charge in [-0.25, -0.2) is 0 Å². The SMILES string of the molecule is O=C(N1CCO[C@@H](c2cccc(O)c2)C1)C1(c2ccccc2)CC1. The Kier molecular flexibility index (Phi) is 3.77. The predicted octanol–water partition coefficient (Wildman–Crippen LogP) is 3.02. The highest BCUT2D eigenvalue weighted by atomic mass is 16.5. The van der Waals surface area contributed by atoms with E-state index in [0.29, 0.717) is 19.7 Å². The highest BCUT2D eigenvalue weighted by Gasteiger charge is 2.53. The van der Waals surface area contributed by atoms with Crippen molar-refractivity contribution in [1.82, 2.24) is 4.90 Å². The molecule has 2 aromatic carbocycles. The van der Waals surface area contributed by atoms with E-state index in [9.17, 15) is 9.90 Å².